The Morgan fingerprint density at radius 2 is 2.25 bits per heavy atom. The zero-order chi connectivity index (χ0) is 17.1. The monoisotopic (exact) mass is 330 g/mol. The van der Waals surface area contributed by atoms with Crippen LogP contribution in [0, 0.1) is 0 Å². The van der Waals surface area contributed by atoms with Crippen LogP contribution in [-0.4, -0.2) is 56.2 Å². The first-order chi connectivity index (χ1) is 11.5. The van der Waals surface area contributed by atoms with Crippen molar-refractivity contribution in [3.05, 3.63) is 29.7 Å². The molecule has 0 bridgehead atoms. The maximum Gasteiger partial charge on any atom is 0.319 e. The summed E-state index contributed by atoms with van der Waals surface area (Å²) in [7, 11) is 3.54. The summed E-state index contributed by atoms with van der Waals surface area (Å²) in [5.41, 5.74) is 7.52. The van der Waals surface area contributed by atoms with Gasteiger partial charge in [0.1, 0.15) is 5.82 Å². The van der Waals surface area contributed by atoms with Crippen molar-refractivity contribution in [2.45, 2.75) is 26.1 Å². The van der Waals surface area contributed by atoms with Gasteiger partial charge in [-0.2, -0.15) is 10.1 Å². The molecule has 0 radical (unpaired) electrons. The van der Waals surface area contributed by atoms with Gasteiger partial charge in [-0.05, 0) is 18.6 Å². The van der Waals surface area contributed by atoms with E-state index in [4.69, 9.17) is 5.73 Å². The molecule has 3 heterocycles. The lowest BCUT2D eigenvalue weighted by molar-refractivity contribution is 0.169. The van der Waals surface area contributed by atoms with Gasteiger partial charge in [-0.3, -0.25) is 4.68 Å². The number of rotatable bonds is 3. The highest BCUT2D eigenvalue weighted by Gasteiger charge is 2.21. The predicted octanol–water partition coefficient (Wildman–Crippen LogP) is 0.755. The van der Waals surface area contributed by atoms with Gasteiger partial charge >= 0.3 is 6.03 Å². The Balaban J connectivity index is 1.68. The van der Waals surface area contributed by atoms with Crippen molar-refractivity contribution in [1.29, 1.82) is 0 Å². The van der Waals surface area contributed by atoms with Crippen LogP contribution in [0.2, 0.25) is 0 Å². The van der Waals surface area contributed by atoms with E-state index in [1.165, 1.54) is 0 Å². The molecule has 1 aliphatic rings. The number of hydrogen-bond donors (Lipinski definition) is 2. The summed E-state index contributed by atoms with van der Waals surface area (Å²) in [5, 5.41) is 7.80. The van der Waals surface area contributed by atoms with Crippen molar-refractivity contribution in [3.8, 4) is 0 Å². The number of urea groups is 1. The zero-order valence-corrected chi connectivity index (χ0v) is 13.9. The standard InChI is InChI=1S/C15H22N8O/c1-21(2)15(24)22-6-3-7-23-12(10-22)8-11(20-23)9-18-13-4-5-17-14(16)19-13/h4-5,8H,3,6-7,9-10H2,1-2H3,(H3,16,17,18,19). The highest BCUT2D eigenvalue weighted by molar-refractivity contribution is 5.73. The van der Waals surface area contributed by atoms with Gasteiger partial charge in [-0.15, -0.1) is 0 Å². The molecule has 9 heteroatoms. The molecule has 0 atom stereocenters. The zero-order valence-electron chi connectivity index (χ0n) is 13.9. The third-order valence-electron chi connectivity index (χ3n) is 3.84. The minimum absolute atomic E-state index is 0.0285. The third-order valence-corrected chi connectivity index (χ3v) is 3.84. The molecule has 24 heavy (non-hydrogen) atoms. The van der Waals surface area contributed by atoms with Crippen LogP contribution in [0.3, 0.4) is 0 Å². The number of carbonyl (C=O) groups excluding carboxylic acids is 1. The molecule has 0 fully saturated rings. The highest BCUT2D eigenvalue weighted by atomic mass is 16.2. The van der Waals surface area contributed by atoms with E-state index < -0.39 is 0 Å². The van der Waals surface area contributed by atoms with Crippen LogP contribution in [0.25, 0.3) is 0 Å². The molecule has 2 aromatic rings. The lowest BCUT2D eigenvalue weighted by atomic mass is 10.3. The number of fused-ring (bicyclic) bond motifs is 1. The van der Waals surface area contributed by atoms with Crippen molar-refractivity contribution in [1.82, 2.24) is 29.5 Å². The van der Waals surface area contributed by atoms with Crippen LogP contribution >= 0.6 is 0 Å². The normalized spacial score (nSPS) is 14.0. The molecule has 2 aromatic heterocycles. The lowest BCUT2D eigenvalue weighted by Gasteiger charge is -2.23. The fourth-order valence-electron chi connectivity index (χ4n) is 2.71. The molecule has 0 aromatic carbocycles. The topological polar surface area (TPSA) is 105 Å². The Morgan fingerprint density at radius 3 is 3.00 bits per heavy atom. The quantitative estimate of drug-likeness (QED) is 0.860. The maximum atomic E-state index is 12.2. The summed E-state index contributed by atoms with van der Waals surface area (Å²) >= 11 is 0. The summed E-state index contributed by atoms with van der Waals surface area (Å²) in [4.78, 5) is 23.6. The van der Waals surface area contributed by atoms with Crippen molar-refractivity contribution in [3.63, 3.8) is 0 Å². The molecule has 0 saturated heterocycles. The van der Waals surface area contributed by atoms with Crippen LogP contribution in [0.4, 0.5) is 16.6 Å². The van der Waals surface area contributed by atoms with Crippen LogP contribution in [0.5, 0.6) is 0 Å². The fraction of sp³-hybridized carbons (Fsp3) is 0.467. The fourth-order valence-corrected chi connectivity index (χ4v) is 2.71. The molecule has 3 rings (SSSR count). The molecule has 0 unspecified atom stereocenters. The molecule has 0 aliphatic carbocycles. The van der Waals surface area contributed by atoms with Crippen LogP contribution in [0.15, 0.2) is 18.3 Å². The second kappa shape index (κ2) is 6.73. The van der Waals surface area contributed by atoms with Gasteiger partial charge in [0.05, 0.1) is 24.5 Å². The van der Waals surface area contributed by atoms with E-state index in [9.17, 15) is 4.79 Å². The van der Waals surface area contributed by atoms with E-state index in [1.54, 1.807) is 31.3 Å². The Morgan fingerprint density at radius 1 is 1.42 bits per heavy atom. The first kappa shape index (κ1) is 16.0. The molecular formula is C15H22N8O. The van der Waals surface area contributed by atoms with Crippen LogP contribution < -0.4 is 11.1 Å². The number of nitrogen functional groups attached to an aromatic ring is 1. The molecule has 2 amide bonds. The van der Waals surface area contributed by atoms with E-state index in [0.29, 0.717) is 18.9 Å². The van der Waals surface area contributed by atoms with Crippen LogP contribution in [0.1, 0.15) is 17.8 Å². The number of anilines is 2. The van der Waals surface area contributed by atoms with Crippen molar-refractivity contribution in [2.24, 2.45) is 0 Å². The van der Waals surface area contributed by atoms with Gasteiger partial charge in [0.2, 0.25) is 5.95 Å². The minimum atomic E-state index is 0.0285. The Hall–Kier alpha value is -2.84. The predicted molar refractivity (Wildman–Crippen MR) is 90.1 cm³/mol. The second-order valence-electron chi connectivity index (χ2n) is 5.96. The number of hydrogen-bond acceptors (Lipinski definition) is 6. The molecule has 9 nitrogen and oxygen atoms in total. The van der Waals surface area contributed by atoms with Crippen molar-refractivity contribution < 1.29 is 4.79 Å². The molecule has 128 valence electrons. The van der Waals surface area contributed by atoms with Gasteiger partial charge in [0.15, 0.2) is 0 Å². The second-order valence-corrected chi connectivity index (χ2v) is 5.96. The third kappa shape index (κ3) is 3.55. The van der Waals surface area contributed by atoms with E-state index in [-0.39, 0.29) is 12.0 Å². The molecule has 0 saturated carbocycles. The summed E-state index contributed by atoms with van der Waals surface area (Å²) in [5.74, 6) is 0.897. The summed E-state index contributed by atoms with van der Waals surface area (Å²) in [6.45, 7) is 2.67. The van der Waals surface area contributed by atoms with E-state index in [2.05, 4.69) is 20.4 Å². The van der Waals surface area contributed by atoms with Crippen molar-refractivity contribution in [2.75, 3.05) is 31.7 Å². The molecule has 1 aliphatic heterocycles. The smallest absolute Gasteiger partial charge is 0.319 e. The highest BCUT2D eigenvalue weighted by Crippen LogP contribution is 2.15. The first-order valence-corrected chi connectivity index (χ1v) is 7.87. The number of nitrogens with one attached hydrogen (secondary N) is 1. The van der Waals surface area contributed by atoms with E-state index >= 15 is 0 Å². The molecular weight excluding hydrogens is 308 g/mol. The number of aryl methyl sites for hydroxylation is 1. The van der Waals surface area contributed by atoms with E-state index in [0.717, 1.165) is 30.9 Å². The van der Waals surface area contributed by atoms with Gasteiger partial charge < -0.3 is 20.9 Å². The van der Waals surface area contributed by atoms with Gasteiger partial charge in [0.25, 0.3) is 0 Å². The number of nitrogens with two attached hydrogens (primary N) is 1. The SMILES string of the molecule is CN(C)C(=O)N1CCCn2nc(CNc3ccnc(N)n3)cc2C1. The minimum Gasteiger partial charge on any atom is -0.368 e. The average Bonchev–Trinajstić information content (AvgIpc) is 2.83. The Labute approximate surface area is 140 Å². The summed E-state index contributed by atoms with van der Waals surface area (Å²) < 4.78 is 1.98. The Bertz CT molecular complexity index is 726. The number of amides is 2. The summed E-state index contributed by atoms with van der Waals surface area (Å²) in [6.07, 6.45) is 2.50. The van der Waals surface area contributed by atoms with Gasteiger partial charge in [0, 0.05) is 33.4 Å². The number of nitrogens with zero attached hydrogens (tertiary/aromatic N) is 6. The van der Waals surface area contributed by atoms with Gasteiger partial charge in [-0.25, -0.2) is 9.78 Å². The molecule has 3 N–H and O–H groups in total. The lowest BCUT2D eigenvalue weighted by Crippen LogP contribution is -2.38. The molecule has 0 spiro atoms. The van der Waals surface area contributed by atoms with E-state index in [1.807, 2.05) is 15.6 Å². The largest absolute Gasteiger partial charge is 0.368 e. The maximum absolute atomic E-state index is 12.2. The van der Waals surface area contributed by atoms with Crippen LogP contribution in [-0.2, 0) is 19.6 Å². The van der Waals surface area contributed by atoms with Crippen molar-refractivity contribution >= 4 is 17.8 Å². The average molecular weight is 330 g/mol. The number of aromatic nitrogens is 4. The first-order valence-electron chi connectivity index (χ1n) is 7.87. The van der Waals surface area contributed by atoms with Gasteiger partial charge in [-0.1, -0.05) is 0 Å². The number of carbonyl (C=O) groups is 1. The Kier molecular flexibility index (Phi) is 4.50. The summed E-state index contributed by atoms with van der Waals surface area (Å²) in [6, 6.07) is 3.81.